The molecule has 1 aliphatic rings. The molecule has 1 aliphatic carbocycles. The molecule has 0 aliphatic heterocycles. The molecular weight excluding hydrogens is 496 g/mol. The quantitative estimate of drug-likeness (QED) is 0.267. The number of benzene rings is 4. The van der Waals surface area contributed by atoms with E-state index in [-0.39, 0.29) is 17.9 Å². The maximum Gasteiger partial charge on any atom is 0.412 e. The number of aryl methyl sites for hydroxylation is 1. The number of rotatable bonds is 6. The molecule has 0 heterocycles. The molecule has 4 aromatic rings. The molecule has 0 bridgehead atoms. The summed E-state index contributed by atoms with van der Waals surface area (Å²) in [6.45, 7) is 5.52. The van der Waals surface area contributed by atoms with Crippen molar-refractivity contribution in [3.8, 4) is 0 Å². The fraction of sp³-hybridized carbons (Fsp3) is 0.257. The minimum Gasteiger partial charge on any atom is -0.444 e. The normalized spacial score (nSPS) is 16.6. The Bertz CT molecular complexity index is 1400. The molecule has 5 heteroatoms. The van der Waals surface area contributed by atoms with Gasteiger partial charge < -0.3 is 10.1 Å². The first-order chi connectivity index (χ1) is 19.3. The molecule has 5 nitrogen and oxygen atoms in total. The maximum absolute atomic E-state index is 14.1. The van der Waals surface area contributed by atoms with Gasteiger partial charge in [-0.1, -0.05) is 97.1 Å². The number of carbonyl (C=O) groups is 2. The molecule has 204 valence electrons. The van der Waals surface area contributed by atoms with Crippen LogP contribution in [-0.2, 0) is 16.0 Å². The van der Waals surface area contributed by atoms with Crippen LogP contribution >= 0.6 is 0 Å². The Labute approximate surface area is 236 Å². The summed E-state index contributed by atoms with van der Waals surface area (Å²) in [4.78, 5) is 26.4. The van der Waals surface area contributed by atoms with Gasteiger partial charge in [-0.05, 0) is 73.6 Å². The molecule has 2 atom stereocenters. The highest BCUT2D eigenvalue weighted by atomic mass is 16.6. The van der Waals surface area contributed by atoms with Gasteiger partial charge in [0.25, 0.3) is 0 Å². The number of ether oxygens (including phenoxy) is 1. The first kappa shape index (κ1) is 27.2. The predicted octanol–water partition coefficient (Wildman–Crippen LogP) is 7.75. The topological polar surface area (TPSA) is 67.4 Å². The molecule has 40 heavy (non-hydrogen) atoms. The zero-order chi connectivity index (χ0) is 28.1. The van der Waals surface area contributed by atoms with Crippen molar-refractivity contribution in [3.05, 3.63) is 137 Å². The molecule has 2 amide bonds. The molecule has 0 radical (unpaired) electrons. The van der Waals surface area contributed by atoms with E-state index >= 15 is 0 Å². The van der Waals surface area contributed by atoms with Gasteiger partial charge in [-0.3, -0.25) is 10.1 Å². The number of carbonyl (C=O) groups excluding carboxylic acids is 2. The van der Waals surface area contributed by atoms with E-state index in [4.69, 9.17) is 4.74 Å². The predicted molar refractivity (Wildman–Crippen MR) is 159 cm³/mol. The lowest BCUT2D eigenvalue weighted by atomic mass is 9.76. The number of amides is 2. The van der Waals surface area contributed by atoms with Crippen LogP contribution in [0.1, 0.15) is 72.9 Å². The largest absolute Gasteiger partial charge is 0.444 e. The standard InChI is InChI=1S/C35H36N2O3/c1-35(2,3)40-34(39)36-28-21-18-25(19-22-28)30-23-20-24-12-10-11-17-29(24)32(30)37-33(38)31(26-13-6-4-7-14-26)27-15-8-5-9-16-27/h4-19,21-22,30-32H,20,23H2,1-3H3,(H,36,39)(H,37,38)/t30-,32+/m1/s1. The van der Waals surface area contributed by atoms with Gasteiger partial charge in [-0.2, -0.15) is 0 Å². The van der Waals surface area contributed by atoms with Crippen molar-refractivity contribution in [2.75, 3.05) is 5.32 Å². The first-order valence-electron chi connectivity index (χ1n) is 13.9. The second-order valence-corrected chi connectivity index (χ2v) is 11.3. The molecule has 2 N–H and O–H groups in total. The maximum atomic E-state index is 14.1. The third kappa shape index (κ3) is 6.42. The van der Waals surface area contributed by atoms with Crippen molar-refractivity contribution in [2.45, 2.75) is 57.1 Å². The van der Waals surface area contributed by atoms with E-state index < -0.39 is 17.6 Å². The van der Waals surface area contributed by atoms with Crippen molar-refractivity contribution in [3.63, 3.8) is 0 Å². The van der Waals surface area contributed by atoms with Crippen LogP contribution < -0.4 is 10.6 Å². The highest BCUT2D eigenvalue weighted by Gasteiger charge is 2.34. The summed E-state index contributed by atoms with van der Waals surface area (Å²) in [5.74, 6) is -0.355. The molecule has 0 aromatic heterocycles. The second kappa shape index (κ2) is 11.8. The molecule has 4 aromatic carbocycles. The number of fused-ring (bicyclic) bond motifs is 1. The summed E-state index contributed by atoms with van der Waals surface area (Å²) in [6, 6.07) is 36.0. The van der Waals surface area contributed by atoms with Crippen molar-refractivity contribution >= 4 is 17.7 Å². The first-order valence-corrected chi connectivity index (χ1v) is 13.9. The molecule has 0 saturated carbocycles. The number of hydrogen-bond acceptors (Lipinski definition) is 3. The summed E-state index contributed by atoms with van der Waals surface area (Å²) in [5, 5.41) is 6.27. The van der Waals surface area contributed by atoms with E-state index in [9.17, 15) is 9.59 Å². The van der Waals surface area contributed by atoms with Gasteiger partial charge in [-0.15, -0.1) is 0 Å². The smallest absolute Gasteiger partial charge is 0.412 e. The van der Waals surface area contributed by atoms with Crippen LogP contribution in [0.15, 0.2) is 109 Å². The van der Waals surface area contributed by atoms with Crippen molar-refractivity contribution in [2.24, 2.45) is 0 Å². The number of hydrogen-bond donors (Lipinski definition) is 2. The Morgan fingerprint density at radius 1 is 0.775 bits per heavy atom. The average molecular weight is 533 g/mol. The van der Waals surface area contributed by atoms with Gasteiger partial charge in [0.15, 0.2) is 0 Å². The Morgan fingerprint density at radius 2 is 1.35 bits per heavy atom. The van der Waals surface area contributed by atoms with E-state index in [1.165, 1.54) is 5.56 Å². The van der Waals surface area contributed by atoms with E-state index in [0.29, 0.717) is 5.69 Å². The van der Waals surface area contributed by atoms with Gasteiger partial charge in [0.1, 0.15) is 5.60 Å². The van der Waals surface area contributed by atoms with E-state index in [0.717, 1.165) is 35.1 Å². The van der Waals surface area contributed by atoms with Crippen LogP contribution in [0.25, 0.3) is 0 Å². The Kier molecular flexibility index (Phi) is 8.01. The summed E-state index contributed by atoms with van der Waals surface area (Å²) in [6.07, 6.45) is 1.36. The average Bonchev–Trinajstić information content (AvgIpc) is 2.94. The summed E-state index contributed by atoms with van der Waals surface area (Å²) in [5.41, 5.74) is 5.57. The number of anilines is 1. The van der Waals surface area contributed by atoms with Gasteiger partial charge in [0.05, 0.1) is 12.0 Å². The highest BCUT2D eigenvalue weighted by Crippen LogP contribution is 2.42. The fourth-order valence-electron chi connectivity index (χ4n) is 5.56. The lowest BCUT2D eigenvalue weighted by Crippen LogP contribution is -2.38. The molecule has 0 fully saturated rings. The third-order valence-corrected chi connectivity index (χ3v) is 7.33. The summed E-state index contributed by atoms with van der Waals surface area (Å²) < 4.78 is 5.39. The van der Waals surface area contributed by atoms with Crippen molar-refractivity contribution in [1.82, 2.24) is 5.32 Å². The monoisotopic (exact) mass is 532 g/mol. The Morgan fingerprint density at radius 3 is 1.95 bits per heavy atom. The summed E-state index contributed by atoms with van der Waals surface area (Å²) >= 11 is 0. The zero-order valence-corrected chi connectivity index (χ0v) is 23.3. The minimum atomic E-state index is -0.567. The van der Waals surface area contributed by atoms with Gasteiger partial charge >= 0.3 is 6.09 Å². The van der Waals surface area contributed by atoms with Crippen LogP contribution in [0.2, 0.25) is 0 Å². The van der Waals surface area contributed by atoms with Crippen molar-refractivity contribution < 1.29 is 14.3 Å². The van der Waals surface area contributed by atoms with Crippen LogP contribution in [0.5, 0.6) is 0 Å². The van der Waals surface area contributed by atoms with Crippen LogP contribution in [-0.4, -0.2) is 17.6 Å². The number of nitrogens with one attached hydrogen (secondary N) is 2. The van der Waals surface area contributed by atoms with Gasteiger partial charge in [0.2, 0.25) is 5.91 Å². The molecular formula is C35H36N2O3. The fourth-order valence-corrected chi connectivity index (χ4v) is 5.56. The van der Waals surface area contributed by atoms with Gasteiger partial charge in [0, 0.05) is 11.6 Å². The third-order valence-electron chi connectivity index (χ3n) is 7.33. The SMILES string of the molecule is CC(C)(C)OC(=O)Nc1ccc([C@H]2CCc3ccccc3[C@@H]2NC(=O)C(c2ccccc2)c2ccccc2)cc1. The van der Waals surface area contributed by atoms with E-state index in [1.807, 2.05) is 112 Å². The lowest BCUT2D eigenvalue weighted by molar-refractivity contribution is -0.122. The molecule has 0 unspecified atom stereocenters. The minimum absolute atomic E-state index is 0.0210. The van der Waals surface area contributed by atoms with Crippen LogP contribution in [0.3, 0.4) is 0 Å². The summed E-state index contributed by atoms with van der Waals surface area (Å²) in [7, 11) is 0. The van der Waals surface area contributed by atoms with Crippen LogP contribution in [0.4, 0.5) is 10.5 Å². The van der Waals surface area contributed by atoms with Crippen LogP contribution in [0, 0.1) is 0 Å². The van der Waals surface area contributed by atoms with E-state index in [2.05, 4.69) is 28.8 Å². The second-order valence-electron chi connectivity index (χ2n) is 11.3. The molecule has 0 spiro atoms. The zero-order valence-electron chi connectivity index (χ0n) is 23.3. The van der Waals surface area contributed by atoms with E-state index in [1.54, 1.807) is 0 Å². The van der Waals surface area contributed by atoms with Gasteiger partial charge in [-0.25, -0.2) is 4.79 Å². The Balaban J connectivity index is 1.43. The van der Waals surface area contributed by atoms with Crippen molar-refractivity contribution in [1.29, 1.82) is 0 Å². The molecule has 0 saturated heterocycles. The Hall–Kier alpha value is -4.38. The lowest BCUT2D eigenvalue weighted by Gasteiger charge is -2.36. The highest BCUT2D eigenvalue weighted by molar-refractivity contribution is 5.88. The molecule has 5 rings (SSSR count).